The SMILES string of the molecule is Cc1ccc2[nH]c(CCCNC3CCOC3)nc2c1C. The Bertz CT molecular complexity index is 585. The molecule has 2 aromatic rings. The maximum atomic E-state index is 5.36. The fourth-order valence-corrected chi connectivity index (χ4v) is 2.74. The maximum absolute atomic E-state index is 5.36. The van der Waals surface area contributed by atoms with E-state index in [0.29, 0.717) is 6.04 Å². The van der Waals surface area contributed by atoms with Gasteiger partial charge in [0.05, 0.1) is 17.6 Å². The van der Waals surface area contributed by atoms with E-state index in [1.807, 2.05) is 0 Å². The molecular formula is C16H23N3O. The highest BCUT2D eigenvalue weighted by Gasteiger charge is 2.14. The summed E-state index contributed by atoms with van der Waals surface area (Å²) in [5.41, 5.74) is 4.86. The summed E-state index contributed by atoms with van der Waals surface area (Å²) in [5.74, 6) is 1.10. The summed E-state index contributed by atoms with van der Waals surface area (Å²) in [6.45, 7) is 7.08. The third-order valence-electron chi connectivity index (χ3n) is 4.18. The van der Waals surface area contributed by atoms with Gasteiger partial charge >= 0.3 is 0 Å². The molecule has 2 N–H and O–H groups in total. The highest BCUT2D eigenvalue weighted by Crippen LogP contribution is 2.19. The quantitative estimate of drug-likeness (QED) is 0.823. The van der Waals surface area contributed by atoms with Crippen LogP contribution in [0, 0.1) is 13.8 Å². The van der Waals surface area contributed by atoms with Crippen molar-refractivity contribution in [3.8, 4) is 0 Å². The van der Waals surface area contributed by atoms with Crippen molar-refractivity contribution in [3.05, 3.63) is 29.1 Å². The van der Waals surface area contributed by atoms with E-state index in [4.69, 9.17) is 9.72 Å². The molecule has 4 heteroatoms. The van der Waals surface area contributed by atoms with Gasteiger partial charge in [-0.2, -0.15) is 0 Å². The monoisotopic (exact) mass is 273 g/mol. The van der Waals surface area contributed by atoms with Gasteiger partial charge in [0.25, 0.3) is 0 Å². The first-order valence-corrected chi connectivity index (χ1v) is 7.50. The number of H-pyrrole nitrogens is 1. The van der Waals surface area contributed by atoms with Crippen molar-refractivity contribution in [2.75, 3.05) is 19.8 Å². The highest BCUT2D eigenvalue weighted by molar-refractivity contribution is 5.79. The number of aromatic nitrogens is 2. The maximum Gasteiger partial charge on any atom is 0.107 e. The third-order valence-corrected chi connectivity index (χ3v) is 4.18. The van der Waals surface area contributed by atoms with E-state index in [0.717, 1.165) is 55.9 Å². The normalized spacial score (nSPS) is 19.0. The molecule has 1 aromatic carbocycles. The predicted molar refractivity (Wildman–Crippen MR) is 81.1 cm³/mol. The lowest BCUT2D eigenvalue weighted by Crippen LogP contribution is -2.30. The summed E-state index contributed by atoms with van der Waals surface area (Å²) in [5, 5.41) is 3.54. The Morgan fingerprint density at radius 2 is 2.30 bits per heavy atom. The summed E-state index contributed by atoms with van der Waals surface area (Å²) >= 11 is 0. The van der Waals surface area contributed by atoms with E-state index in [-0.39, 0.29) is 0 Å². The van der Waals surface area contributed by atoms with Crippen LogP contribution in [0.4, 0.5) is 0 Å². The Labute approximate surface area is 119 Å². The van der Waals surface area contributed by atoms with Gasteiger partial charge in [0.1, 0.15) is 5.82 Å². The molecule has 108 valence electrons. The number of hydrogen-bond acceptors (Lipinski definition) is 3. The molecule has 4 nitrogen and oxygen atoms in total. The summed E-state index contributed by atoms with van der Waals surface area (Å²) in [6, 6.07) is 4.83. The van der Waals surface area contributed by atoms with Crippen molar-refractivity contribution in [3.63, 3.8) is 0 Å². The van der Waals surface area contributed by atoms with E-state index in [1.54, 1.807) is 0 Å². The second kappa shape index (κ2) is 5.94. The first-order valence-electron chi connectivity index (χ1n) is 7.50. The number of rotatable bonds is 5. The van der Waals surface area contributed by atoms with Crippen LogP contribution in [-0.4, -0.2) is 35.8 Å². The van der Waals surface area contributed by atoms with Crippen molar-refractivity contribution in [1.29, 1.82) is 0 Å². The number of ether oxygens (including phenoxy) is 1. The molecule has 1 aliphatic rings. The van der Waals surface area contributed by atoms with Crippen LogP contribution in [0.15, 0.2) is 12.1 Å². The predicted octanol–water partition coefficient (Wildman–Crippen LogP) is 2.49. The molecule has 1 unspecified atom stereocenters. The molecule has 2 heterocycles. The van der Waals surface area contributed by atoms with Crippen molar-refractivity contribution in [2.24, 2.45) is 0 Å². The van der Waals surface area contributed by atoms with Gasteiger partial charge in [-0.25, -0.2) is 4.98 Å². The van der Waals surface area contributed by atoms with E-state index < -0.39 is 0 Å². The summed E-state index contributed by atoms with van der Waals surface area (Å²) in [7, 11) is 0. The number of nitrogens with one attached hydrogen (secondary N) is 2. The van der Waals surface area contributed by atoms with E-state index in [9.17, 15) is 0 Å². The lowest BCUT2D eigenvalue weighted by molar-refractivity contribution is 0.190. The van der Waals surface area contributed by atoms with Gasteiger partial charge in [0, 0.05) is 19.1 Å². The van der Waals surface area contributed by atoms with Crippen molar-refractivity contribution in [2.45, 2.75) is 39.2 Å². The Kier molecular flexibility index (Phi) is 4.03. The van der Waals surface area contributed by atoms with Crippen LogP contribution in [-0.2, 0) is 11.2 Å². The van der Waals surface area contributed by atoms with Gasteiger partial charge in [-0.1, -0.05) is 6.07 Å². The van der Waals surface area contributed by atoms with Crippen LogP contribution in [0.5, 0.6) is 0 Å². The van der Waals surface area contributed by atoms with Crippen LogP contribution in [0.3, 0.4) is 0 Å². The fourth-order valence-electron chi connectivity index (χ4n) is 2.74. The lowest BCUT2D eigenvalue weighted by atomic mass is 10.1. The van der Waals surface area contributed by atoms with E-state index >= 15 is 0 Å². The lowest BCUT2D eigenvalue weighted by Gasteiger charge is -2.09. The molecule has 0 bridgehead atoms. The molecule has 0 spiro atoms. The Balaban J connectivity index is 1.56. The Morgan fingerprint density at radius 3 is 3.10 bits per heavy atom. The van der Waals surface area contributed by atoms with Crippen molar-refractivity contribution in [1.82, 2.24) is 15.3 Å². The number of fused-ring (bicyclic) bond motifs is 1. The van der Waals surface area contributed by atoms with E-state index in [2.05, 4.69) is 36.3 Å². The minimum absolute atomic E-state index is 0.551. The Morgan fingerprint density at radius 1 is 1.40 bits per heavy atom. The minimum Gasteiger partial charge on any atom is -0.380 e. The number of nitrogens with zero attached hydrogens (tertiary/aromatic N) is 1. The molecule has 1 fully saturated rings. The fraction of sp³-hybridized carbons (Fsp3) is 0.562. The third kappa shape index (κ3) is 2.86. The van der Waals surface area contributed by atoms with Crippen molar-refractivity contribution >= 4 is 11.0 Å². The van der Waals surface area contributed by atoms with Gasteiger partial charge in [0.2, 0.25) is 0 Å². The molecule has 3 rings (SSSR count). The molecule has 20 heavy (non-hydrogen) atoms. The second-order valence-electron chi connectivity index (χ2n) is 5.71. The molecule has 1 atom stereocenters. The smallest absolute Gasteiger partial charge is 0.107 e. The van der Waals surface area contributed by atoms with Gasteiger partial charge in [-0.3, -0.25) is 0 Å². The Hall–Kier alpha value is -1.39. The molecule has 1 aromatic heterocycles. The molecule has 0 amide bonds. The number of aromatic amines is 1. The zero-order valence-corrected chi connectivity index (χ0v) is 12.3. The van der Waals surface area contributed by atoms with Gasteiger partial charge in [-0.15, -0.1) is 0 Å². The van der Waals surface area contributed by atoms with Gasteiger partial charge < -0.3 is 15.0 Å². The minimum atomic E-state index is 0.551. The standard InChI is InChI=1S/C16H23N3O/c1-11-5-6-14-16(12(11)2)19-15(18-14)4-3-8-17-13-7-9-20-10-13/h5-6,13,17H,3-4,7-10H2,1-2H3,(H,18,19). The summed E-state index contributed by atoms with van der Waals surface area (Å²) in [6.07, 6.45) is 3.24. The highest BCUT2D eigenvalue weighted by atomic mass is 16.5. The summed E-state index contributed by atoms with van der Waals surface area (Å²) < 4.78 is 5.36. The number of hydrogen-bond donors (Lipinski definition) is 2. The molecule has 0 aliphatic carbocycles. The average Bonchev–Trinajstić information content (AvgIpc) is 3.08. The van der Waals surface area contributed by atoms with Gasteiger partial charge in [-0.05, 0) is 50.4 Å². The average molecular weight is 273 g/mol. The molecule has 1 saturated heterocycles. The van der Waals surface area contributed by atoms with Crippen LogP contribution in [0.1, 0.15) is 29.8 Å². The topological polar surface area (TPSA) is 49.9 Å². The van der Waals surface area contributed by atoms with Gasteiger partial charge in [0.15, 0.2) is 0 Å². The van der Waals surface area contributed by atoms with Crippen LogP contribution in [0.2, 0.25) is 0 Å². The molecule has 1 aliphatic heterocycles. The first-order chi connectivity index (χ1) is 9.74. The molecule has 0 saturated carbocycles. The van der Waals surface area contributed by atoms with Crippen LogP contribution in [0.25, 0.3) is 11.0 Å². The zero-order valence-electron chi connectivity index (χ0n) is 12.3. The van der Waals surface area contributed by atoms with Crippen LogP contribution < -0.4 is 5.32 Å². The number of benzene rings is 1. The number of aryl methyl sites for hydroxylation is 3. The number of imidazole rings is 1. The summed E-state index contributed by atoms with van der Waals surface area (Å²) in [4.78, 5) is 8.16. The second-order valence-corrected chi connectivity index (χ2v) is 5.71. The molecular weight excluding hydrogens is 250 g/mol. The van der Waals surface area contributed by atoms with Crippen LogP contribution >= 0.6 is 0 Å². The van der Waals surface area contributed by atoms with Crippen molar-refractivity contribution < 1.29 is 4.74 Å². The first kappa shape index (κ1) is 13.6. The largest absolute Gasteiger partial charge is 0.380 e. The zero-order chi connectivity index (χ0) is 13.9. The van der Waals surface area contributed by atoms with E-state index in [1.165, 1.54) is 11.1 Å². The molecule has 0 radical (unpaired) electrons.